The molecule has 2 aromatic carbocycles. The molecule has 0 saturated carbocycles. The summed E-state index contributed by atoms with van der Waals surface area (Å²) < 4.78 is 5.52. The van der Waals surface area contributed by atoms with Crippen LogP contribution in [0.3, 0.4) is 0 Å². The van der Waals surface area contributed by atoms with Crippen LogP contribution in [0.25, 0.3) is 0 Å². The molecular weight excluding hydrogens is 264 g/mol. The summed E-state index contributed by atoms with van der Waals surface area (Å²) in [4.78, 5) is 11.0. The van der Waals surface area contributed by atoms with Crippen molar-refractivity contribution in [3.8, 4) is 5.75 Å². The lowest BCUT2D eigenvalue weighted by Gasteiger charge is -2.08. The Balaban J connectivity index is 0.000000921. The van der Waals surface area contributed by atoms with E-state index in [-0.39, 0.29) is 12.2 Å². The Morgan fingerprint density at radius 1 is 0.905 bits per heavy atom. The molecule has 0 amide bonds. The summed E-state index contributed by atoms with van der Waals surface area (Å²) in [6.07, 6.45) is 0. The number of carboxylic acids is 1. The van der Waals surface area contributed by atoms with E-state index in [9.17, 15) is 4.79 Å². The lowest BCUT2D eigenvalue weighted by atomic mass is 10.1. The van der Waals surface area contributed by atoms with Crippen molar-refractivity contribution in [2.75, 3.05) is 0 Å². The first-order valence-corrected chi connectivity index (χ1v) is 7.26. The van der Waals surface area contributed by atoms with Crippen LogP contribution in [0.4, 0.5) is 0 Å². The maximum absolute atomic E-state index is 11.0. The van der Waals surface area contributed by atoms with Gasteiger partial charge in [0.25, 0.3) is 0 Å². The first-order valence-electron chi connectivity index (χ1n) is 7.26. The zero-order valence-corrected chi connectivity index (χ0v) is 13.2. The molecule has 2 aromatic rings. The van der Waals surface area contributed by atoms with Crippen molar-refractivity contribution in [2.24, 2.45) is 0 Å². The number of carbonyl (C=O) groups is 1. The average molecular weight is 288 g/mol. The fourth-order valence-electron chi connectivity index (χ4n) is 1.53. The van der Waals surface area contributed by atoms with Crippen LogP contribution in [0.5, 0.6) is 5.75 Å². The van der Waals surface area contributed by atoms with E-state index in [1.165, 1.54) is 0 Å². The van der Waals surface area contributed by atoms with Gasteiger partial charge < -0.3 is 9.84 Å². The molecule has 0 atom stereocenters. The van der Waals surface area contributed by atoms with Crippen LogP contribution < -0.4 is 4.74 Å². The first-order chi connectivity index (χ1) is 10.3. The van der Waals surface area contributed by atoms with E-state index in [2.05, 4.69) is 0 Å². The van der Waals surface area contributed by atoms with Crippen LogP contribution in [-0.4, -0.2) is 11.1 Å². The molecule has 114 valence electrons. The van der Waals surface area contributed by atoms with E-state index in [4.69, 9.17) is 9.84 Å². The number of rotatable bonds is 4. The molecule has 0 unspecified atom stereocenters. The number of ether oxygens (including phenoxy) is 1. The molecule has 0 aliphatic rings. The standard InChI is InChI=1S/C14H12O3.2C2H6/c15-14(16)13-9-5-4-6-11(13)10-17-12-7-2-1-3-8-12;2*1-2/h1-9H,10H2,(H,15,16);2*1-2H3. The predicted octanol–water partition coefficient (Wildman–Crippen LogP) is 5.02. The number of carboxylic acid groups (broad SMARTS) is 1. The van der Waals surface area contributed by atoms with Gasteiger partial charge in [-0.1, -0.05) is 64.1 Å². The maximum Gasteiger partial charge on any atom is 0.336 e. The van der Waals surface area contributed by atoms with E-state index >= 15 is 0 Å². The van der Waals surface area contributed by atoms with Crippen molar-refractivity contribution in [2.45, 2.75) is 34.3 Å². The van der Waals surface area contributed by atoms with E-state index in [0.717, 1.165) is 5.75 Å². The van der Waals surface area contributed by atoms with Gasteiger partial charge in [-0.15, -0.1) is 0 Å². The first kappa shape index (κ1) is 18.7. The fraction of sp³-hybridized carbons (Fsp3) is 0.278. The second-order valence-corrected chi connectivity index (χ2v) is 3.56. The van der Waals surface area contributed by atoms with Crippen molar-refractivity contribution in [3.05, 3.63) is 65.7 Å². The number of para-hydroxylation sites is 1. The van der Waals surface area contributed by atoms with Crippen LogP contribution in [0.2, 0.25) is 0 Å². The van der Waals surface area contributed by atoms with Gasteiger partial charge in [-0.25, -0.2) is 4.79 Å². The van der Waals surface area contributed by atoms with Crippen LogP contribution >= 0.6 is 0 Å². The number of hydrogen-bond donors (Lipinski definition) is 1. The molecule has 0 radical (unpaired) electrons. The van der Waals surface area contributed by atoms with Gasteiger partial charge in [0.15, 0.2) is 0 Å². The van der Waals surface area contributed by atoms with Gasteiger partial charge in [0, 0.05) is 5.56 Å². The van der Waals surface area contributed by atoms with Gasteiger partial charge >= 0.3 is 5.97 Å². The van der Waals surface area contributed by atoms with Crippen molar-refractivity contribution in [1.82, 2.24) is 0 Å². The lowest BCUT2D eigenvalue weighted by molar-refractivity contribution is 0.0694. The second-order valence-electron chi connectivity index (χ2n) is 3.56. The monoisotopic (exact) mass is 288 g/mol. The Bertz CT molecular complexity index is 507. The molecular formula is C18H24O3. The zero-order valence-electron chi connectivity index (χ0n) is 13.2. The Labute approximate surface area is 127 Å². The molecule has 1 N–H and O–H groups in total. The van der Waals surface area contributed by atoms with E-state index < -0.39 is 5.97 Å². The van der Waals surface area contributed by atoms with Gasteiger partial charge in [-0.05, 0) is 18.2 Å². The Morgan fingerprint density at radius 3 is 2.00 bits per heavy atom. The molecule has 0 heterocycles. The summed E-state index contributed by atoms with van der Waals surface area (Å²) >= 11 is 0. The molecule has 3 heteroatoms. The van der Waals surface area contributed by atoms with E-state index in [1.807, 2.05) is 58.0 Å². The number of benzene rings is 2. The minimum Gasteiger partial charge on any atom is -0.489 e. The molecule has 0 spiro atoms. The topological polar surface area (TPSA) is 46.5 Å². The SMILES string of the molecule is CC.CC.O=C(O)c1ccccc1COc1ccccc1. The summed E-state index contributed by atoms with van der Waals surface area (Å²) in [7, 11) is 0. The summed E-state index contributed by atoms with van der Waals surface area (Å²) in [6.45, 7) is 8.26. The minimum atomic E-state index is -0.933. The average Bonchev–Trinajstić information content (AvgIpc) is 2.58. The quantitative estimate of drug-likeness (QED) is 0.859. The number of hydrogen-bond acceptors (Lipinski definition) is 2. The highest BCUT2D eigenvalue weighted by Gasteiger charge is 2.08. The lowest BCUT2D eigenvalue weighted by Crippen LogP contribution is -2.05. The second kappa shape index (κ2) is 11.5. The van der Waals surface area contributed by atoms with Crippen LogP contribution in [0.1, 0.15) is 43.6 Å². The zero-order chi connectivity index (χ0) is 16.1. The highest BCUT2D eigenvalue weighted by atomic mass is 16.5. The Morgan fingerprint density at radius 2 is 1.43 bits per heavy atom. The van der Waals surface area contributed by atoms with Gasteiger partial charge in [0.05, 0.1) is 5.56 Å². The van der Waals surface area contributed by atoms with Gasteiger partial charge in [0.1, 0.15) is 12.4 Å². The minimum absolute atomic E-state index is 0.256. The molecule has 0 fully saturated rings. The molecule has 0 aromatic heterocycles. The van der Waals surface area contributed by atoms with E-state index in [1.54, 1.807) is 24.3 Å². The van der Waals surface area contributed by atoms with Crippen LogP contribution in [0.15, 0.2) is 54.6 Å². The highest BCUT2D eigenvalue weighted by Crippen LogP contribution is 2.14. The Kier molecular flexibility index (Phi) is 10.3. The smallest absolute Gasteiger partial charge is 0.336 e. The van der Waals surface area contributed by atoms with Crippen molar-refractivity contribution >= 4 is 5.97 Å². The summed E-state index contributed by atoms with van der Waals surface area (Å²) in [5, 5.41) is 9.01. The Hall–Kier alpha value is -2.29. The van der Waals surface area contributed by atoms with Gasteiger partial charge in [-0.3, -0.25) is 0 Å². The number of aromatic carboxylic acids is 1. The third-order valence-electron chi connectivity index (χ3n) is 2.39. The van der Waals surface area contributed by atoms with Crippen molar-refractivity contribution in [3.63, 3.8) is 0 Å². The molecule has 0 aliphatic carbocycles. The molecule has 2 rings (SSSR count). The summed E-state index contributed by atoms with van der Waals surface area (Å²) in [5.41, 5.74) is 0.951. The van der Waals surface area contributed by atoms with Gasteiger partial charge in [-0.2, -0.15) is 0 Å². The maximum atomic E-state index is 11.0. The summed E-state index contributed by atoms with van der Waals surface area (Å²) in [6, 6.07) is 16.2. The van der Waals surface area contributed by atoms with Gasteiger partial charge in [0.2, 0.25) is 0 Å². The fourth-order valence-corrected chi connectivity index (χ4v) is 1.53. The highest BCUT2D eigenvalue weighted by molar-refractivity contribution is 5.89. The van der Waals surface area contributed by atoms with Crippen molar-refractivity contribution in [1.29, 1.82) is 0 Å². The molecule has 0 bridgehead atoms. The summed E-state index contributed by atoms with van der Waals surface area (Å²) in [5.74, 6) is -0.204. The molecule has 3 nitrogen and oxygen atoms in total. The molecule has 21 heavy (non-hydrogen) atoms. The van der Waals surface area contributed by atoms with Crippen LogP contribution in [-0.2, 0) is 6.61 Å². The van der Waals surface area contributed by atoms with E-state index in [0.29, 0.717) is 5.56 Å². The molecule has 0 aliphatic heterocycles. The largest absolute Gasteiger partial charge is 0.489 e. The third kappa shape index (κ3) is 6.61. The normalized spacial score (nSPS) is 8.57. The van der Waals surface area contributed by atoms with Crippen molar-refractivity contribution < 1.29 is 14.6 Å². The third-order valence-corrected chi connectivity index (χ3v) is 2.39. The predicted molar refractivity (Wildman–Crippen MR) is 86.9 cm³/mol. The van der Waals surface area contributed by atoms with Crippen LogP contribution in [0, 0.1) is 0 Å². The molecule has 0 saturated heterocycles.